The van der Waals surface area contributed by atoms with Gasteiger partial charge in [0.15, 0.2) is 0 Å². The number of ether oxygens (including phenoxy) is 3. The number of hydrogen-bond donors (Lipinski definition) is 0. The van der Waals surface area contributed by atoms with Crippen molar-refractivity contribution in [1.82, 2.24) is 0 Å². The summed E-state index contributed by atoms with van der Waals surface area (Å²) < 4.78 is 42.6. The van der Waals surface area contributed by atoms with Crippen LogP contribution in [-0.4, -0.2) is 65.3 Å². The third-order valence-electron chi connectivity index (χ3n) is 10.7. The molecule has 0 amide bonds. The summed E-state index contributed by atoms with van der Waals surface area (Å²) in [5.74, 6) is 0. The molecule has 4 rings (SSSR count). The molecule has 0 spiro atoms. The van der Waals surface area contributed by atoms with E-state index in [0.29, 0.717) is 16.6 Å². The van der Waals surface area contributed by atoms with Crippen LogP contribution >= 0.6 is 0 Å². The van der Waals surface area contributed by atoms with Crippen LogP contribution in [0.1, 0.15) is 136 Å². The second kappa shape index (κ2) is 18.5. The Morgan fingerprint density at radius 2 is 0.690 bits per heavy atom. The predicted molar refractivity (Wildman–Crippen MR) is 179 cm³/mol. The maximum absolute atomic E-state index is 7.87. The molecule has 0 bridgehead atoms. The first-order chi connectivity index (χ1) is 20.6. The molecule has 0 aromatic rings. The first-order valence-electron chi connectivity index (χ1n) is 18.5. The summed E-state index contributed by atoms with van der Waals surface area (Å²) in [6.07, 6.45) is 22.5. The van der Waals surface area contributed by atoms with Crippen LogP contribution in [0.25, 0.3) is 0 Å². The minimum atomic E-state index is -2.60. The highest BCUT2D eigenvalue weighted by atomic mass is 28.5. The van der Waals surface area contributed by atoms with Gasteiger partial charge < -0.3 is 26.6 Å². The molecule has 6 nitrogen and oxygen atoms in total. The Morgan fingerprint density at radius 1 is 0.429 bits per heavy atom. The Bertz CT molecular complexity index is 623. The highest BCUT2D eigenvalue weighted by molar-refractivity contribution is 6.96. The zero-order valence-electron chi connectivity index (χ0n) is 27.8. The average Bonchev–Trinajstić information content (AvgIpc) is 3.81. The average molecular weight is 643 g/mol. The summed E-state index contributed by atoms with van der Waals surface area (Å²) in [6, 6.07) is 2.96. The summed E-state index contributed by atoms with van der Waals surface area (Å²) in [4.78, 5) is 0. The van der Waals surface area contributed by atoms with E-state index in [0.717, 1.165) is 77.0 Å². The van der Waals surface area contributed by atoms with Crippen LogP contribution in [-0.2, 0) is 26.6 Å². The molecule has 1 saturated heterocycles. The Kier molecular flexibility index (Phi) is 15.6. The summed E-state index contributed by atoms with van der Waals surface area (Å²) >= 11 is 0. The molecule has 0 unspecified atom stereocenters. The minimum Gasteiger partial charge on any atom is -0.415 e. The van der Waals surface area contributed by atoms with Crippen molar-refractivity contribution >= 4 is 25.7 Å². The van der Waals surface area contributed by atoms with Crippen LogP contribution in [0, 0.1) is 0 Å². The zero-order valence-corrected chi connectivity index (χ0v) is 30.8. The Balaban J connectivity index is 1.69. The molecule has 0 aromatic heterocycles. The summed E-state index contributed by atoms with van der Waals surface area (Å²) in [5, 5.41) is 0. The molecule has 0 atom stereocenters. The van der Waals surface area contributed by atoms with E-state index < -0.39 is 25.7 Å². The van der Waals surface area contributed by atoms with Gasteiger partial charge in [-0.05, 0) is 57.8 Å². The molecule has 1 heterocycles. The molecule has 42 heavy (non-hydrogen) atoms. The van der Waals surface area contributed by atoms with Gasteiger partial charge in [0.1, 0.15) is 0 Å². The van der Waals surface area contributed by atoms with Crippen LogP contribution < -0.4 is 0 Å². The maximum atomic E-state index is 7.87. The number of unbranched alkanes of at least 4 members (excludes halogenated alkanes) is 3. The van der Waals surface area contributed by atoms with E-state index in [1.807, 2.05) is 0 Å². The van der Waals surface area contributed by atoms with Gasteiger partial charge >= 0.3 is 25.7 Å². The van der Waals surface area contributed by atoms with Crippen molar-refractivity contribution in [1.29, 1.82) is 0 Å². The predicted octanol–water partition coefficient (Wildman–Crippen LogP) is 9.66. The van der Waals surface area contributed by atoms with Crippen molar-refractivity contribution in [2.24, 2.45) is 0 Å². The van der Waals surface area contributed by atoms with E-state index in [1.54, 1.807) is 0 Å². The summed E-state index contributed by atoms with van der Waals surface area (Å²) in [7, 11) is -7.81. The van der Waals surface area contributed by atoms with Gasteiger partial charge in [-0.25, -0.2) is 0 Å². The van der Waals surface area contributed by atoms with Crippen LogP contribution in [0.2, 0.25) is 34.8 Å². The molecule has 0 N–H and O–H groups in total. The highest BCUT2D eigenvalue weighted by Gasteiger charge is 2.68. The lowest BCUT2D eigenvalue weighted by molar-refractivity contribution is 0.110. The fraction of sp³-hybridized carbons (Fsp3) is 1.00. The first-order valence-corrected chi connectivity index (χ1v) is 24.8. The van der Waals surface area contributed by atoms with E-state index in [1.165, 1.54) is 96.3 Å². The van der Waals surface area contributed by atoms with Crippen molar-refractivity contribution in [3.05, 3.63) is 0 Å². The van der Waals surface area contributed by atoms with E-state index in [2.05, 4.69) is 20.8 Å². The van der Waals surface area contributed by atoms with Gasteiger partial charge in [-0.2, -0.15) is 0 Å². The third-order valence-corrected chi connectivity index (χ3v) is 27.1. The molecule has 3 aliphatic carbocycles. The van der Waals surface area contributed by atoms with Crippen LogP contribution in [0.4, 0.5) is 0 Å². The topological polar surface area (TPSA) is 55.4 Å². The van der Waals surface area contributed by atoms with Crippen LogP contribution in [0.15, 0.2) is 0 Å². The molecule has 3 saturated carbocycles. The van der Waals surface area contributed by atoms with Gasteiger partial charge in [0.25, 0.3) is 0 Å². The summed E-state index contributed by atoms with van der Waals surface area (Å²) in [6.45, 7) is 11.7. The fourth-order valence-electron chi connectivity index (χ4n) is 8.14. The van der Waals surface area contributed by atoms with Gasteiger partial charge in [-0.3, -0.25) is 0 Å². The summed E-state index contributed by atoms with van der Waals surface area (Å²) in [5.41, 5.74) is 1.75. The second-order valence-electron chi connectivity index (χ2n) is 13.8. The fourth-order valence-corrected chi connectivity index (χ4v) is 29.6. The molecular formula is C33H66O6Si3. The van der Waals surface area contributed by atoms with Gasteiger partial charge in [0.2, 0.25) is 0 Å². The lowest BCUT2D eigenvalue weighted by Gasteiger charge is -2.58. The number of rotatable bonds is 21. The van der Waals surface area contributed by atoms with Crippen molar-refractivity contribution in [3.63, 3.8) is 0 Å². The normalized spacial score (nSPS) is 31.5. The largest absolute Gasteiger partial charge is 0.415 e. The smallest absolute Gasteiger partial charge is 0.326 e. The van der Waals surface area contributed by atoms with Crippen LogP contribution in [0.5, 0.6) is 0 Å². The lowest BCUT2D eigenvalue weighted by atomic mass is 10.4. The maximum Gasteiger partial charge on any atom is 0.326 e. The van der Waals surface area contributed by atoms with Crippen LogP contribution in [0.3, 0.4) is 0 Å². The molecule has 4 aliphatic rings. The zero-order chi connectivity index (χ0) is 29.6. The quantitative estimate of drug-likeness (QED) is 0.0918. The molecule has 9 heteroatoms. The Labute approximate surface area is 262 Å². The van der Waals surface area contributed by atoms with E-state index in [4.69, 9.17) is 26.6 Å². The first kappa shape index (κ1) is 35.3. The monoisotopic (exact) mass is 642 g/mol. The lowest BCUT2D eigenvalue weighted by Crippen LogP contribution is -2.74. The van der Waals surface area contributed by atoms with Gasteiger partial charge in [-0.15, -0.1) is 0 Å². The standard InChI is InChI=1S/C33H66O6Si3/c1-4-7-22-34-25-28-40(31-16-10-11-17-31)37-41(32-18-12-13-19-32,29-26-35-23-8-5-2)39-42(38-40,33-20-14-15-21-33)30-27-36-24-9-6-3/h31-33H,4-30H2,1-3H3. The van der Waals surface area contributed by atoms with Crippen molar-refractivity contribution in [3.8, 4) is 0 Å². The van der Waals surface area contributed by atoms with E-state index in [-0.39, 0.29) is 0 Å². The molecule has 246 valence electrons. The van der Waals surface area contributed by atoms with Crippen molar-refractivity contribution in [2.75, 3.05) is 39.6 Å². The SMILES string of the molecule is CCCCOCC[Si]1(C2CCCC2)O[Si](CCOCCCC)(C2CCCC2)O[Si](CCOCCCC)(C2CCCC2)O1. The van der Waals surface area contributed by atoms with E-state index >= 15 is 0 Å². The molecule has 0 aromatic carbocycles. The van der Waals surface area contributed by atoms with Gasteiger partial charge in [0, 0.05) is 74.4 Å². The molecule has 0 radical (unpaired) electrons. The molecule has 1 aliphatic heterocycles. The van der Waals surface area contributed by atoms with Gasteiger partial charge in [-0.1, -0.05) is 78.6 Å². The molecular weight excluding hydrogens is 577 g/mol. The van der Waals surface area contributed by atoms with Gasteiger partial charge in [0.05, 0.1) is 0 Å². The van der Waals surface area contributed by atoms with E-state index in [9.17, 15) is 0 Å². The highest BCUT2D eigenvalue weighted by Crippen LogP contribution is 2.57. The van der Waals surface area contributed by atoms with Crippen molar-refractivity contribution in [2.45, 2.75) is 171 Å². The third kappa shape index (κ3) is 9.47. The number of hydrogen-bond acceptors (Lipinski definition) is 6. The van der Waals surface area contributed by atoms with Crippen molar-refractivity contribution < 1.29 is 26.6 Å². The Hall–Kier alpha value is 0.411. The second-order valence-corrected chi connectivity index (χ2v) is 25.1. The minimum absolute atomic E-state index is 0.583. The molecule has 4 fully saturated rings. The Morgan fingerprint density at radius 3 is 0.929 bits per heavy atom.